The van der Waals surface area contributed by atoms with Crippen LogP contribution in [0.1, 0.15) is 33.1 Å². The van der Waals surface area contributed by atoms with Gasteiger partial charge in [0.2, 0.25) is 0 Å². The highest BCUT2D eigenvalue weighted by atomic mass is 32.1. The zero-order valence-electron chi connectivity index (χ0n) is 9.76. The van der Waals surface area contributed by atoms with Gasteiger partial charge in [0.1, 0.15) is 0 Å². The zero-order valence-corrected chi connectivity index (χ0v) is 10.7. The van der Waals surface area contributed by atoms with Crippen molar-refractivity contribution in [3.05, 3.63) is 12.2 Å². The molecule has 84 valence electrons. The highest BCUT2D eigenvalue weighted by Gasteiger charge is 2.57. The van der Waals surface area contributed by atoms with E-state index >= 15 is 0 Å². The lowest BCUT2D eigenvalue weighted by Gasteiger charge is -2.23. The average Bonchev–Trinajstić information content (AvgIpc) is 3.12. The van der Waals surface area contributed by atoms with Gasteiger partial charge in [-0.1, -0.05) is 38.8 Å². The third-order valence-corrected chi connectivity index (χ3v) is 5.79. The van der Waals surface area contributed by atoms with Gasteiger partial charge in [-0.2, -0.15) is 12.6 Å². The normalized spacial score (nSPS) is 56.3. The van der Waals surface area contributed by atoms with E-state index in [0.717, 1.165) is 35.5 Å². The van der Waals surface area contributed by atoms with Gasteiger partial charge in [-0.25, -0.2) is 0 Å². The first kappa shape index (κ1) is 10.3. The van der Waals surface area contributed by atoms with Crippen LogP contribution in [0.15, 0.2) is 12.2 Å². The van der Waals surface area contributed by atoms with Crippen molar-refractivity contribution < 1.29 is 0 Å². The Hall–Kier alpha value is 0.0900. The summed E-state index contributed by atoms with van der Waals surface area (Å²) in [5.74, 6) is 5.58. The molecule has 0 bridgehead atoms. The van der Waals surface area contributed by atoms with Crippen LogP contribution in [-0.2, 0) is 0 Å². The van der Waals surface area contributed by atoms with Crippen LogP contribution in [0.3, 0.4) is 0 Å². The van der Waals surface area contributed by atoms with Crippen LogP contribution >= 0.6 is 12.6 Å². The second kappa shape index (κ2) is 3.55. The van der Waals surface area contributed by atoms with Crippen LogP contribution in [0.2, 0.25) is 0 Å². The summed E-state index contributed by atoms with van der Waals surface area (Å²) in [6.07, 6.45) is 9.22. The molecule has 0 spiro atoms. The molecule has 0 heterocycles. The van der Waals surface area contributed by atoms with Crippen molar-refractivity contribution in [1.29, 1.82) is 0 Å². The molecular weight excluding hydrogens is 200 g/mol. The molecule has 15 heavy (non-hydrogen) atoms. The lowest BCUT2D eigenvalue weighted by atomic mass is 9.89. The first-order valence-electron chi connectivity index (χ1n) is 6.64. The smallest absolute Gasteiger partial charge is 0.0119 e. The Balaban J connectivity index is 1.68. The topological polar surface area (TPSA) is 0 Å². The Bertz CT molecular complexity index is 283. The maximum atomic E-state index is 4.91. The maximum Gasteiger partial charge on any atom is 0.0119 e. The second-order valence-corrected chi connectivity index (χ2v) is 6.34. The van der Waals surface area contributed by atoms with Gasteiger partial charge in [0.25, 0.3) is 0 Å². The predicted molar refractivity (Wildman–Crippen MR) is 68.1 cm³/mol. The fourth-order valence-corrected chi connectivity index (χ4v) is 4.70. The fourth-order valence-electron chi connectivity index (χ4n) is 3.96. The number of allylic oxidation sites excluding steroid dienone is 2. The van der Waals surface area contributed by atoms with E-state index in [4.69, 9.17) is 12.6 Å². The van der Waals surface area contributed by atoms with Gasteiger partial charge in [-0.05, 0) is 41.9 Å². The second-order valence-electron chi connectivity index (χ2n) is 5.75. The molecule has 0 aliphatic heterocycles. The maximum absolute atomic E-state index is 4.91. The average molecular weight is 222 g/mol. The molecule has 0 aromatic rings. The number of thiol groups is 1. The monoisotopic (exact) mass is 222 g/mol. The van der Waals surface area contributed by atoms with E-state index in [-0.39, 0.29) is 0 Å². The molecule has 0 nitrogen and oxygen atoms in total. The number of hydrogen-bond donors (Lipinski definition) is 1. The van der Waals surface area contributed by atoms with Gasteiger partial charge in [-0.3, -0.25) is 0 Å². The lowest BCUT2D eigenvalue weighted by molar-refractivity contribution is 0.445. The van der Waals surface area contributed by atoms with Gasteiger partial charge in [-0.15, -0.1) is 0 Å². The molecule has 1 heteroatoms. The Morgan fingerprint density at radius 3 is 2.47 bits per heavy atom. The fraction of sp³-hybridized carbons (Fsp3) is 0.857. The Labute approximate surface area is 98.9 Å². The van der Waals surface area contributed by atoms with Gasteiger partial charge >= 0.3 is 0 Å². The minimum Gasteiger partial charge on any atom is -0.175 e. The quantitative estimate of drug-likeness (QED) is 0.545. The third kappa shape index (κ3) is 1.50. The Morgan fingerprint density at radius 1 is 1.13 bits per heavy atom. The molecule has 7 atom stereocenters. The van der Waals surface area contributed by atoms with Crippen molar-refractivity contribution in [2.45, 2.75) is 38.4 Å². The van der Waals surface area contributed by atoms with Crippen LogP contribution in [0, 0.1) is 35.5 Å². The molecule has 3 aliphatic carbocycles. The number of rotatable bonds is 3. The molecule has 5 unspecified atom stereocenters. The van der Waals surface area contributed by atoms with Gasteiger partial charge in [0, 0.05) is 5.25 Å². The molecular formula is C14H22S. The van der Waals surface area contributed by atoms with Crippen molar-refractivity contribution in [3.8, 4) is 0 Å². The molecule has 3 rings (SSSR count). The van der Waals surface area contributed by atoms with Crippen molar-refractivity contribution in [2.24, 2.45) is 35.5 Å². The standard InChI is InChI=1S/C14H22S/c1-3-8-7-12(8)11-6-5-10-9(4-2)13(10)14(11)15/h5-6,8-15H,3-4,7H2,1-2H3/t8?,9?,10?,11-,12?,13+,14?/m1/s1. The molecule has 0 aromatic heterocycles. The van der Waals surface area contributed by atoms with Crippen molar-refractivity contribution in [2.75, 3.05) is 0 Å². The van der Waals surface area contributed by atoms with E-state index in [9.17, 15) is 0 Å². The van der Waals surface area contributed by atoms with Crippen LogP contribution in [0.25, 0.3) is 0 Å². The first-order valence-corrected chi connectivity index (χ1v) is 7.16. The third-order valence-electron chi connectivity index (χ3n) is 5.10. The van der Waals surface area contributed by atoms with E-state index < -0.39 is 0 Å². The Kier molecular flexibility index (Phi) is 2.43. The van der Waals surface area contributed by atoms with E-state index in [1.54, 1.807) is 0 Å². The van der Waals surface area contributed by atoms with Crippen molar-refractivity contribution in [1.82, 2.24) is 0 Å². The number of fused-ring (bicyclic) bond motifs is 1. The molecule has 3 aliphatic rings. The van der Waals surface area contributed by atoms with Crippen LogP contribution < -0.4 is 0 Å². The van der Waals surface area contributed by atoms with Crippen LogP contribution in [0.4, 0.5) is 0 Å². The number of hydrogen-bond acceptors (Lipinski definition) is 1. The largest absolute Gasteiger partial charge is 0.175 e. The minimum atomic E-state index is 0.673. The van der Waals surface area contributed by atoms with E-state index in [1.165, 1.54) is 19.3 Å². The molecule has 0 amide bonds. The Morgan fingerprint density at radius 2 is 1.87 bits per heavy atom. The summed E-state index contributed by atoms with van der Waals surface area (Å²) < 4.78 is 0. The van der Waals surface area contributed by atoms with E-state index in [2.05, 4.69) is 26.0 Å². The molecule has 0 saturated heterocycles. The lowest BCUT2D eigenvalue weighted by Crippen LogP contribution is -2.21. The van der Waals surface area contributed by atoms with Gasteiger partial charge in [0.05, 0.1) is 0 Å². The highest BCUT2D eigenvalue weighted by molar-refractivity contribution is 7.81. The summed E-state index contributed by atoms with van der Waals surface area (Å²) in [4.78, 5) is 0. The summed E-state index contributed by atoms with van der Waals surface area (Å²) in [6, 6.07) is 0. The SMILES string of the molecule is CCC1CC1[C@H]1C=CC2C(CC)[C@@H]2C1S. The summed E-state index contributed by atoms with van der Waals surface area (Å²) in [7, 11) is 0. The molecule has 0 aromatic carbocycles. The van der Waals surface area contributed by atoms with Crippen LogP contribution in [-0.4, -0.2) is 5.25 Å². The molecule has 0 N–H and O–H groups in total. The summed E-state index contributed by atoms with van der Waals surface area (Å²) >= 11 is 4.91. The van der Waals surface area contributed by atoms with E-state index in [1.807, 2.05) is 0 Å². The molecule has 2 saturated carbocycles. The molecule has 2 fully saturated rings. The molecule has 0 radical (unpaired) electrons. The summed E-state index contributed by atoms with van der Waals surface area (Å²) in [5, 5.41) is 0.673. The minimum absolute atomic E-state index is 0.673. The van der Waals surface area contributed by atoms with Gasteiger partial charge < -0.3 is 0 Å². The van der Waals surface area contributed by atoms with Crippen molar-refractivity contribution >= 4 is 12.6 Å². The van der Waals surface area contributed by atoms with Crippen molar-refractivity contribution in [3.63, 3.8) is 0 Å². The van der Waals surface area contributed by atoms with E-state index in [0.29, 0.717) is 5.25 Å². The van der Waals surface area contributed by atoms with Gasteiger partial charge in [0.15, 0.2) is 0 Å². The predicted octanol–water partition coefficient (Wildman–Crippen LogP) is 3.79. The van der Waals surface area contributed by atoms with Crippen LogP contribution in [0.5, 0.6) is 0 Å². The summed E-state index contributed by atoms with van der Waals surface area (Å²) in [5.41, 5.74) is 0. The summed E-state index contributed by atoms with van der Waals surface area (Å²) in [6.45, 7) is 4.66. The zero-order chi connectivity index (χ0) is 10.6. The first-order chi connectivity index (χ1) is 7.27. The highest BCUT2D eigenvalue weighted by Crippen LogP contribution is 2.61.